The van der Waals surface area contributed by atoms with Gasteiger partial charge in [-0.2, -0.15) is 0 Å². The number of halogens is 2. The van der Waals surface area contributed by atoms with E-state index >= 15 is 0 Å². The molecule has 0 fully saturated rings. The Labute approximate surface area is 130 Å². The fraction of sp³-hybridized carbons (Fsp3) is 0.111. The van der Waals surface area contributed by atoms with Crippen LogP contribution in [0.2, 0.25) is 10.0 Å². The SMILES string of the molecule is C=C/C=C\c1ccc(Cc2ccc(Cl)cc2Cl)cc1C. The van der Waals surface area contributed by atoms with Crippen LogP contribution in [0.25, 0.3) is 6.08 Å². The van der Waals surface area contributed by atoms with Gasteiger partial charge < -0.3 is 0 Å². The average Bonchev–Trinajstić information content (AvgIpc) is 2.41. The number of allylic oxidation sites excluding steroid dienone is 2. The van der Waals surface area contributed by atoms with Gasteiger partial charge in [-0.25, -0.2) is 0 Å². The molecule has 0 bridgehead atoms. The molecule has 0 aromatic heterocycles. The summed E-state index contributed by atoms with van der Waals surface area (Å²) >= 11 is 12.1. The summed E-state index contributed by atoms with van der Waals surface area (Å²) in [5.74, 6) is 0. The van der Waals surface area contributed by atoms with E-state index in [-0.39, 0.29) is 0 Å². The standard InChI is InChI=1S/C18H16Cl2/c1-3-4-5-15-7-6-14(10-13(15)2)11-16-8-9-17(19)12-18(16)20/h3-10,12H,1,11H2,2H3/b5-4-. The molecule has 0 aliphatic heterocycles. The molecule has 0 unspecified atom stereocenters. The van der Waals surface area contributed by atoms with Gasteiger partial charge in [-0.1, -0.05) is 72.3 Å². The predicted molar refractivity (Wildman–Crippen MR) is 89.7 cm³/mol. The zero-order valence-electron chi connectivity index (χ0n) is 11.4. The molecular formula is C18H16Cl2. The van der Waals surface area contributed by atoms with Crippen LogP contribution in [0.3, 0.4) is 0 Å². The second kappa shape index (κ2) is 6.78. The number of rotatable bonds is 4. The Morgan fingerprint density at radius 1 is 1.10 bits per heavy atom. The summed E-state index contributed by atoms with van der Waals surface area (Å²) in [4.78, 5) is 0. The van der Waals surface area contributed by atoms with Gasteiger partial charge in [-0.3, -0.25) is 0 Å². The zero-order valence-corrected chi connectivity index (χ0v) is 12.9. The highest BCUT2D eigenvalue weighted by Gasteiger charge is 2.04. The number of hydrogen-bond donors (Lipinski definition) is 0. The van der Waals surface area contributed by atoms with Crippen LogP contribution in [0.1, 0.15) is 22.3 Å². The van der Waals surface area contributed by atoms with Crippen molar-refractivity contribution in [2.24, 2.45) is 0 Å². The van der Waals surface area contributed by atoms with E-state index in [2.05, 4.69) is 37.8 Å². The first-order valence-electron chi connectivity index (χ1n) is 6.42. The van der Waals surface area contributed by atoms with Crippen LogP contribution in [0, 0.1) is 6.92 Å². The molecule has 0 amide bonds. The minimum Gasteiger partial charge on any atom is -0.0991 e. The van der Waals surface area contributed by atoms with Crippen molar-refractivity contribution in [1.82, 2.24) is 0 Å². The number of hydrogen-bond acceptors (Lipinski definition) is 0. The highest BCUT2D eigenvalue weighted by molar-refractivity contribution is 6.35. The molecule has 0 N–H and O–H groups in total. The van der Waals surface area contributed by atoms with Crippen LogP contribution < -0.4 is 0 Å². The Hall–Kier alpha value is -1.50. The van der Waals surface area contributed by atoms with E-state index in [4.69, 9.17) is 23.2 Å². The van der Waals surface area contributed by atoms with E-state index in [0.29, 0.717) is 10.0 Å². The smallest absolute Gasteiger partial charge is 0.0456 e. The topological polar surface area (TPSA) is 0 Å². The zero-order chi connectivity index (χ0) is 14.5. The van der Waals surface area contributed by atoms with E-state index in [0.717, 1.165) is 12.0 Å². The van der Waals surface area contributed by atoms with Gasteiger partial charge in [0.2, 0.25) is 0 Å². The van der Waals surface area contributed by atoms with Crippen molar-refractivity contribution in [1.29, 1.82) is 0 Å². The number of benzene rings is 2. The van der Waals surface area contributed by atoms with Gasteiger partial charge in [0.15, 0.2) is 0 Å². The van der Waals surface area contributed by atoms with Crippen LogP contribution in [-0.2, 0) is 6.42 Å². The average molecular weight is 303 g/mol. The summed E-state index contributed by atoms with van der Waals surface area (Å²) < 4.78 is 0. The summed E-state index contributed by atoms with van der Waals surface area (Å²) in [6.07, 6.45) is 6.59. The van der Waals surface area contributed by atoms with Gasteiger partial charge >= 0.3 is 0 Å². The maximum absolute atomic E-state index is 6.21. The van der Waals surface area contributed by atoms with E-state index < -0.39 is 0 Å². The molecule has 0 saturated carbocycles. The van der Waals surface area contributed by atoms with Crippen molar-refractivity contribution in [3.05, 3.63) is 87.4 Å². The van der Waals surface area contributed by atoms with Gasteiger partial charge in [-0.15, -0.1) is 0 Å². The molecule has 20 heavy (non-hydrogen) atoms. The molecule has 0 aliphatic carbocycles. The van der Waals surface area contributed by atoms with Crippen molar-refractivity contribution in [2.45, 2.75) is 13.3 Å². The van der Waals surface area contributed by atoms with E-state index in [1.807, 2.05) is 18.2 Å². The lowest BCUT2D eigenvalue weighted by atomic mass is 9.99. The molecule has 0 heterocycles. The van der Waals surface area contributed by atoms with Crippen LogP contribution in [0.15, 0.2) is 55.1 Å². The monoisotopic (exact) mass is 302 g/mol. The molecule has 102 valence electrons. The van der Waals surface area contributed by atoms with Crippen molar-refractivity contribution in [3.63, 3.8) is 0 Å². The molecule has 2 aromatic rings. The molecule has 2 heteroatoms. The lowest BCUT2D eigenvalue weighted by Crippen LogP contribution is -1.91. The molecule has 0 atom stereocenters. The van der Waals surface area contributed by atoms with Crippen molar-refractivity contribution >= 4 is 29.3 Å². The van der Waals surface area contributed by atoms with E-state index in [1.165, 1.54) is 16.7 Å². The molecule has 0 nitrogen and oxygen atoms in total. The summed E-state index contributed by atoms with van der Waals surface area (Å²) in [6.45, 7) is 5.79. The molecule has 2 rings (SSSR count). The first-order valence-corrected chi connectivity index (χ1v) is 7.18. The second-order valence-electron chi connectivity index (χ2n) is 4.70. The first-order chi connectivity index (χ1) is 9.60. The largest absolute Gasteiger partial charge is 0.0991 e. The molecule has 0 spiro atoms. The van der Waals surface area contributed by atoms with Crippen LogP contribution in [-0.4, -0.2) is 0 Å². The summed E-state index contributed by atoms with van der Waals surface area (Å²) in [5.41, 5.74) is 4.77. The summed E-state index contributed by atoms with van der Waals surface area (Å²) in [7, 11) is 0. The quantitative estimate of drug-likeness (QED) is 0.599. The minimum atomic E-state index is 0.667. The lowest BCUT2D eigenvalue weighted by molar-refractivity contribution is 1.18. The minimum absolute atomic E-state index is 0.667. The van der Waals surface area contributed by atoms with Gasteiger partial charge in [0.05, 0.1) is 0 Å². The third-order valence-corrected chi connectivity index (χ3v) is 3.74. The summed E-state index contributed by atoms with van der Waals surface area (Å²) in [5, 5.41) is 1.38. The molecule has 0 radical (unpaired) electrons. The fourth-order valence-electron chi connectivity index (χ4n) is 2.09. The molecule has 0 saturated heterocycles. The number of aryl methyl sites for hydroxylation is 1. The maximum Gasteiger partial charge on any atom is 0.0456 e. The predicted octanol–water partition coefficient (Wildman–Crippen LogP) is 6.09. The highest BCUT2D eigenvalue weighted by atomic mass is 35.5. The highest BCUT2D eigenvalue weighted by Crippen LogP contribution is 2.24. The summed E-state index contributed by atoms with van der Waals surface area (Å²) in [6, 6.07) is 12.1. The Morgan fingerprint density at radius 3 is 2.55 bits per heavy atom. The Balaban J connectivity index is 2.24. The third-order valence-electron chi connectivity index (χ3n) is 3.16. The Kier molecular flexibility index (Phi) is 5.05. The van der Waals surface area contributed by atoms with Gasteiger partial charge in [0.25, 0.3) is 0 Å². The lowest BCUT2D eigenvalue weighted by Gasteiger charge is -2.08. The van der Waals surface area contributed by atoms with Crippen LogP contribution in [0.4, 0.5) is 0 Å². The second-order valence-corrected chi connectivity index (χ2v) is 5.54. The van der Waals surface area contributed by atoms with Crippen LogP contribution in [0.5, 0.6) is 0 Å². The van der Waals surface area contributed by atoms with E-state index in [9.17, 15) is 0 Å². The molecule has 0 aliphatic rings. The van der Waals surface area contributed by atoms with Crippen molar-refractivity contribution < 1.29 is 0 Å². The Bertz CT molecular complexity index is 654. The van der Waals surface area contributed by atoms with E-state index in [1.54, 1.807) is 12.1 Å². The molecular weight excluding hydrogens is 287 g/mol. The van der Waals surface area contributed by atoms with Gasteiger partial charge in [0, 0.05) is 10.0 Å². The maximum atomic E-state index is 6.21. The normalized spacial score (nSPS) is 10.9. The van der Waals surface area contributed by atoms with Gasteiger partial charge in [0.1, 0.15) is 0 Å². The Morgan fingerprint density at radius 2 is 1.90 bits per heavy atom. The third kappa shape index (κ3) is 3.75. The van der Waals surface area contributed by atoms with Gasteiger partial charge in [-0.05, 0) is 47.7 Å². The first kappa shape index (κ1) is 14.9. The van der Waals surface area contributed by atoms with Crippen molar-refractivity contribution in [2.75, 3.05) is 0 Å². The van der Waals surface area contributed by atoms with Crippen molar-refractivity contribution in [3.8, 4) is 0 Å². The van der Waals surface area contributed by atoms with Crippen LogP contribution >= 0.6 is 23.2 Å². The fourth-order valence-corrected chi connectivity index (χ4v) is 2.57. The molecule has 2 aromatic carbocycles.